The first-order valence-electron chi connectivity index (χ1n) is 7.67. The molecule has 3 N–H and O–H groups in total. The smallest absolute Gasteiger partial charge is 0.230 e. The van der Waals surface area contributed by atoms with Gasteiger partial charge < -0.3 is 15.9 Å². The van der Waals surface area contributed by atoms with Gasteiger partial charge in [0.25, 0.3) is 0 Å². The summed E-state index contributed by atoms with van der Waals surface area (Å²) < 4.78 is 6.81. The highest BCUT2D eigenvalue weighted by Crippen LogP contribution is 2.23. The van der Waals surface area contributed by atoms with Crippen molar-refractivity contribution < 1.29 is 9.53 Å². The van der Waals surface area contributed by atoms with E-state index in [2.05, 4.69) is 15.5 Å². The maximum atomic E-state index is 11.9. The van der Waals surface area contributed by atoms with Crippen LogP contribution >= 0.6 is 11.8 Å². The van der Waals surface area contributed by atoms with Crippen molar-refractivity contribution in [2.75, 3.05) is 18.2 Å². The van der Waals surface area contributed by atoms with Crippen molar-refractivity contribution in [3.8, 4) is 17.1 Å². The molecule has 7 nitrogen and oxygen atoms in total. The van der Waals surface area contributed by atoms with Crippen molar-refractivity contribution in [2.24, 2.45) is 0 Å². The van der Waals surface area contributed by atoms with Crippen LogP contribution in [0.25, 0.3) is 11.4 Å². The zero-order chi connectivity index (χ0) is 17.7. The highest BCUT2D eigenvalue weighted by Gasteiger charge is 2.17. The van der Waals surface area contributed by atoms with Gasteiger partial charge >= 0.3 is 0 Å². The van der Waals surface area contributed by atoms with Crippen molar-refractivity contribution in [2.45, 2.75) is 38.4 Å². The van der Waals surface area contributed by atoms with Gasteiger partial charge in [-0.1, -0.05) is 11.8 Å². The maximum Gasteiger partial charge on any atom is 0.230 e. The van der Waals surface area contributed by atoms with E-state index in [1.807, 2.05) is 52.0 Å². The van der Waals surface area contributed by atoms with E-state index < -0.39 is 0 Å². The molecular weight excluding hydrogens is 326 g/mol. The number of hydrogen-bond acceptors (Lipinski definition) is 6. The van der Waals surface area contributed by atoms with E-state index >= 15 is 0 Å². The van der Waals surface area contributed by atoms with Crippen LogP contribution in [0.3, 0.4) is 0 Å². The summed E-state index contributed by atoms with van der Waals surface area (Å²) in [6.07, 6.45) is 0. The Bertz CT molecular complexity index is 691. The number of carbonyl (C=O) groups is 1. The number of nitrogens with two attached hydrogens (primary N) is 1. The molecule has 0 radical (unpaired) electrons. The molecule has 0 aliphatic carbocycles. The molecule has 0 unspecified atom stereocenters. The summed E-state index contributed by atoms with van der Waals surface area (Å²) in [4.78, 5) is 11.9. The number of nitrogens with one attached hydrogen (secondary N) is 1. The van der Waals surface area contributed by atoms with Crippen LogP contribution in [0.4, 0.5) is 0 Å². The van der Waals surface area contributed by atoms with E-state index in [1.165, 1.54) is 16.4 Å². The van der Waals surface area contributed by atoms with E-state index in [0.29, 0.717) is 17.6 Å². The van der Waals surface area contributed by atoms with E-state index in [1.54, 1.807) is 0 Å². The molecule has 1 aromatic heterocycles. The second-order valence-electron chi connectivity index (χ2n) is 6.22. The molecule has 24 heavy (non-hydrogen) atoms. The summed E-state index contributed by atoms with van der Waals surface area (Å²) in [5, 5.41) is 11.6. The Morgan fingerprint density at radius 2 is 1.96 bits per heavy atom. The molecule has 0 saturated heterocycles. The summed E-state index contributed by atoms with van der Waals surface area (Å²) >= 11 is 1.25. The number of nitrogen functional groups attached to an aromatic ring is 1. The molecule has 0 spiro atoms. The largest absolute Gasteiger partial charge is 0.494 e. The van der Waals surface area contributed by atoms with Crippen LogP contribution < -0.4 is 15.9 Å². The van der Waals surface area contributed by atoms with Gasteiger partial charge in [-0.2, -0.15) is 0 Å². The van der Waals surface area contributed by atoms with Crippen molar-refractivity contribution >= 4 is 17.7 Å². The number of thioether (sulfide) groups is 1. The third-order valence-electron chi connectivity index (χ3n) is 2.93. The highest BCUT2D eigenvalue weighted by atomic mass is 32.2. The predicted molar refractivity (Wildman–Crippen MR) is 95.4 cm³/mol. The number of hydrogen-bond donors (Lipinski definition) is 2. The molecule has 0 aliphatic heterocycles. The van der Waals surface area contributed by atoms with Crippen molar-refractivity contribution in [3.05, 3.63) is 24.3 Å². The molecule has 0 bridgehead atoms. The quantitative estimate of drug-likeness (QED) is 0.612. The SMILES string of the molecule is CCOc1ccc(-c2nnc(SCC(=O)NC(C)(C)C)n2N)cc1. The van der Waals surface area contributed by atoms with Gasteiger partial charge in [-0.25, -0.2) is 4.68 Å². The normalized spacial score (nSPS) is 11.3. The highest BCUT2D eigenvalue weighted by molar-refractivity contribution is 7.99. The van der Waals surface area contributed by atoms with E-state index in [-0.39, 0.29) is 17.2 Å². The maximum absolute atomic E-state index is 11.9. The van der Waals surface area contributed by atoms with E-state index in [4.69, 9.17) is 10.6 Å². The molecule has 1 heterocycles. The molecule has 8 heteroatoms. The van der Waals surface area contributed by atoms with Crippen LogP contribution in [0, 0.1) is 0 Å². The minimum atomic E-state index is -0.262. The predicted octanol–water partition coefficient (Wildman–Crippen LogP) is 2.06. The van der Waals surface area contributed by atoms with E-state index in [9.17, 15) is 4.79 Å². The van der Waals surface area contributed by atoms with Crippen molar-refractivity contribution in [1.29, 1.82) is 0 Å². The second-order valence-corrected chi connectivity index (χ2v) is 7.16. The van der Waals surface area contributed by atoms with Crippen molar-refractivity contribution in [3.63, 3.8) is 0 Å². The minimum absolute atomic E-state index is 0.0712. The minimum Gasteiger partial charge on any atom is -0.494 e. The van der Waals surface area contributed by atoms with Gasteiger partial charge in [-0.15, -0.1) is 10.2 Å². The number of ether oxygens (including phenoxy) is 1. The number of amides is 1. The van der Waals surface area contributed by atoms with Gasteiger partial charge in [-0.3, -0.25) is 4.79 Å². The average Bonchev–Trinajstić information content (AvgIpc) is 2.86. The van der Waals surface area contributed by atoms with Gasteiger partial charge in [0.05, 0.1) is 12.4 Å². The Hall–Kier alpha value is -2.22. The lowest BCUT2D eigenvalue weighted by atomic mass is 10.1. The van der Waals surface area contributed by atoms with Crippen LogP contribution in [0.1, 0.15) is 27.7 Å². The fourth-order valence-electron chi connectivity index (χ4n) is 2.02. The monoisotopic (exact) mass is 349 g/mol. The number of aromatic nitrogens is 3. The molecule has 0 saturated carbocycles. The number of benzene rings is 1. The molecule has 0 aliphatic rings. The van der Waals surface area contributed by atoms with Gasteiger partial charge in [0.1, 0.15) is 5.75 Å². The topological polar surface area (TPSA) is 95.1 Å². The molecule has 2 rings (SSSR count). The molecule has 2 aromatic rings. The molecule has 0 fully saturated rings. The first-order valence-corrected chi connectivity index (χ1v) is 8.66. The fourth-order valence-corrected chi connectivity index (χ4v) is 2.68. The number of nitrogens with zero attached hydrogens (tertiary/aromatic N) is 3. The molecular formula is C16H23N5O2S. The first kappa shape index (κ1) is 18.1. The van der Waals surface area contributed by atoms with Crippen LogP contribution in [-0.4, -0.2) is 38.7 Å². The molecule has 130 valence electrons. The van der Waals surface area contributed by atoms with Gasteiger partial charge in [-0.05, 0) is 52.0 Å². The van der Waals surface area contributed by atoms with Gasteiger partial charge in [0, 0.05) is 11.1 Å². The zero-order valence-electron chi connectivity index (χ0n) is 14.4. The number of carbonyl (C=O) groups excluding carboxylic acids is 1. The van der Waals surface area contributed by atoms with Gasteiger partial charge in [0.15, 0.2) is 5.82 Å². The van der Waals surface area contributed by atoms with Crippen LogP contribution in [0.5, 0.6) is 5.75 Å². The Kier molecular flexibility index (Phi) is 5.71. The van der Waals surface area contributed by atoms with Crippen LogP contribution in [-0.2, 0) is 4.79 Å². The summed E-state index contributed by atoms with van der Waals surface area (Å²) in [7, 11) is 0. The summed E-state index contributed by atoms with van der Waals surface area (Å²) in [6, 6.07) is 7.46. The van der Waals surface area contributed by atoms with Crippen molar-refractivity contribution in [1.82, 2.24) is 20.2 Å². The Balaban J connectivity index is 2.04. The fraction of sp³-hybridized carbons (Fsp3) is 0.438. The second kappa shape index (κ2) is 7.57. The summed E-state index contributed by atoms with van der Waals surface area (Å²) in [5.41, 5.74) is 0.570. The number of rotatable bonds is 6. The lowest BCUT2D eigenvalue weighted by Crippen LogP contribution is -2.41. The summed E-state index contributed by atoms with van der Waals surface area (Å²) in [5.74, 6) is 7.54. The lowest BCUT2D eigenvalue weighted by Gasteiger charge is -2.20. The Labute approximate surface area is 145 Å². The summed E-state index contributed by atoms with van der Waals surface area (Å²) in [6.45, 7) is 8.36. The molecule has 1 aromatic carbocycles. The Morgan fingerprint density at radius 3 is 2.54 bits per heavy atom. The van der Waals surface area contributed by atoms with E-state index in [0.717, 1.165) is 11.3 Å². The standard InChI is InChI=1S/C16H23N5O2S/c1-5-23-12-8-6-11(7-9-12)14-19-20-15(21(14)17)24-10-13(22)18-16(2,3)4/h6-9H,5,10,17H2,1-4H3,(H,18,22). The van der Waals surface area contributed by atoms with Crippen LogP contribution in [0.15, 0.2) is 29.4 Å². The molecule has 1 amide bonds. The Morgan fingerprint density at radius 1 is 1.29 bits per heavy atom. The first-order chi connectivity index (χ1) is 11.3. The molecule has 0 atom stereocenters. The lowest BCUT2D eigenvalue weighted by molar-refractivity contribution is -0.119. The van der Waals surface area contributed by atoms with Crippen LogP contribution in [0.2, 0.25) is 0 Å². The third-order valence-corrected chi connectivity index (χ3v) is 3.88. The average molecular weight is 349 g/mol. The third kappa shape index (κ3) is 4.89. The van der Waals surface area contributed by atoms with Gasteiger partial charge in [0.2, 0.25) is 11.1 Å². The zero-order valence-corrected chi connectivity index (χ0v) is 15.2.